The van der Waals surface area contributed by atoms with Crippen molar-refractivity contribution in [1.82, 2.24) is 10.6 Å². The van der Waals surface area contributed by atoms with E-state index in [9.17, 15) is 0 Å². The molecule has 1 aliphatic heterocycles. The Balaban J connectivity index is 1.59. The zero-order valence-electron chi connectivity index (χ0n) is 12.5. The third-order valence-corrected chi connectivity index (χ3v) is 5.22. The second kappa shape index (κ2) is 6.15. The Kier molecular flexibility index (Phi) is 4.27. The highest BCUT2D eigenvalue weighted by atomic mass is 16.5. The lowest BCUT2D eigenvalue weighted by Crippen LogP contribution is -2.47. The van der Waals surface area contributed by atoms with Crippen LogP contribution in [0.15, 0.2) is 24.3 Å². The molecule has 1 atom stereocenters. The van der Waals surface area contributed by atoms with Crippen LogP contribution in [0.1, 0.15) is 37.7 Å². The molecule has 1 aromatic rings. The molecule has 1 saturated heterocycles. The van der Waals surface area contributed by atoms with Crippen LogP contribution in [0.4, 0.5) is 0 Å². The van der Waals surface area contributed by atoms with E-state index >= 15 is 0 Å². The maximum atomic E-state index is 5.21. The summed E-state index contributed by atoms with van der Waals surface area (Å²) < 4.78 is 5.21. The van der Waals surface area contributed by atoms with E-state index in [4.69, 9.17) is 4.74 Å². The summed E-state index contributed by atoms with van der Waals surface area (Å²) in [5.74, 6) is 0.935. The molecule has 2 N–H and O–H groups in total. The Morgan fingerprint density at radius 1 is 1.20 bits per heavy atom. The first-order valence-corrected chi connectivity index (χ1v) is 7.89. The summed E-state index contributed by atoms with van der Waals surface area (Å²) >= 11 is 0. The van der Waals surface area contributed by atoms with E-state index in [-0.39, 0.29) is 0 Å². The van der Waals surface area contributed by atoms with Crippen LogP contribution in [0.5, 0.6) is 5.75 Å². The lowest BCUT2D eigenvalue weighted by molar-refractivity contribution is 0.159. The first-order chi connectivity index (χ1) is 9.82. The maximum absolute atomic E-state index is 5.21. The maximum Gasteiger partial charge on any atom is 0.118 e. The number of benzene rings is 1. The van der Waals surface area contributed by atoms with Gasteiger partial charge in [0, 0.05) is 12.6 Å². The number of methoxy groups -OCH3 is 1. The molecule has 2 aliphatic rings. The zero-order chi connectivity index (χ0) is 13.8. The van der Waals surface area contributed by atoms with Gasteiger partial charge in [-0.15, -0.1) is 0 Å². The van der Waals surface area contributed by atoms with Crippen molar-refractivity contribution in [2.45, 2.75) is 44.7 Å². The van der Waals surface area contributed by atoms with Crippen molar-refractivity contribution in [3.8, 4) is 5.75 Å². The molecule has 1 aromatic carbocycles. The molecule has 0 bridgehead atoms. The normalized spacial score (nSPS) is 24.9. The van der Waals surface area contributed by atoms with Gasteiger partial charge in [-0.25, -0.2) is 0 Å². The highest BCUT2D eigenvalue weighted by Crippen LogP contribution is 2.45. The van der Waals surface area contributed by atoms with Crippen molar-refractivity contribution in [1.29, 1.82) is 0 Å². The van der Waals surface area contributed by atoms with Gasteiger partial charge in [0.05, 0.1) is 7.11 Å². The van der Waals surface area contributed by atoms with Crippen LogP contribution in [-0.4, -0.2) is 26.2 Å². The Bertz CT molecular complexity index is 423. The molecule has 3 nitrogen and oxygen atoms in total. The molecule has 1 saturated carbocycles. The molecule has 0 amide bonds. The van der Waals surface area contributed by atoms with Gasteiger partial charge in [0.1, 0.15) is 5.75 Å². The lowest BCUT2D eigenvalue weighted by atomic mass is 9.74. The molecule has 0 unspecified atom stereocenters. The summed E-state index contributed by atoms with van der Waals surface area (Å²) in [6.07, 6.45) is 6.83. The molecular formula is C17H26N2O. The molecule has 3 heteroatoms. The first kappa shape index (κ1) is 13.9. The molecular weight excluding hydrogens is 248 g/mol. The van der Waals surface area contributed by atoms with Crippen LogP contribution in [0.2, 0.25) is 0 Å². The summed E-state index contributed by atoms with van der Waals surface area (Å²) in [4.78, 5) is 0. The van der Waals surface area contributed by atoms with E-state index in [1.165, 1.54) is 50.8 Å². The van der Waals surface area contributed by atoms with Crippen molar-refractivity contribution >= 4 is 0 Å². The quantitative estimate of drug-likeness (QED) is 0.885. The SMILES string of the molecule is COc1ccc(CN[C@H]2CCCC23CCNCC3)cc1. The van der Waals surface area contributed by atoms with Crippen molar-refractivity contribution in [2.75, 3.05) is 20.2 Å². The van der Waals surface area contributed by atoms with Gasteiger partial charge in [-0.1, -0.05) is 18.6 Å². The average molecular weight is 274 g/mol. The van der Waals surface area contributed by atoms with Gasteiger partial charge >= 0.3 is 0 Å². The summed E-state index contributed by atoms with van der Waals surface area (Å²) in [5, 5.41) is 7.33. The van der Waals surface area contributed by atoms with Gasteiger partial charge in [0.15, 0.2) is 0 Å². The summed E-state index contributed by atoms with van der Waals surface area (Å²) in [7, 11) is 1.71. The Morgan fingerprint density at radius 3 is 2.65 bits per heavy atom. The average Bonchev–Trinajstić information content (AvgIpc) is 2.88. The monoisotopic (exact) mass is 274 g/mol. The predicted molar refractivity (Wildman–Crippen MR) is 82.0 cm³/mol. The molecule has 110 valence electrons. The van der Waals surface area contributed by atoms with Crippen LogP contribution >= 0.6 is 0 Å². The molecule has 3 rings (SSSR count). The van der Waals surface area contributed by atoms with Crippen molar-refractivity contribution in [3.63, 3.8) is 0 Å². The van der Waals surface area contributed by atoms with Crippen LogP contribution < -0.4 is 15.4 Å². The van der Waals surface area contributed by atoms with Crippen molar-refractivity contribution in [2.24, 2.45) is 5.41 Å². The number of nitrogens with one attached hydrogen (secondary N) is 2. The van der Waals surface area contributed by atoms with Gasteiger partial charge < -0.3 is 15.4 Å². The minimum absolute atomic E-state index is 0.567. The first-order valence-electron chi connectivity index (χ1n) is 7.89. The van der Waals surface area contributed by atoms with E-state index in [0.717, 1.165) is 12.3 Å². The Morgan fingerprint density at radius 2 is 1.95 bits per heavy atom. The zero-order valence-corrected chi connectivity index (χ0v) is 12.5. The number of hydrogen-bond donors (Lipinski definition) is 2. The Hall–Kier alpha value is -1.06. The molecule has 2 fully saturated rings. The third-order valence-electron chi connectivity index (χ3n) is 5.22. The lowest BCUT2D eigenvalue weighted by Gasteiger charge is -2.40. The van der Waals surface area contributed by atoms with E-state index in [1.807, 2.05) is 12.1 Å². The largest absolute Gasteiger partial charge is 0.497 e. The molecule has 0 radical (unpaired) electrons. The van der Waals surface area contributed by atoms with Crippen LogP contribution in [0.3, 0.4) is 0 Å². The minimum atomic E-state index is 0.567. The van der Waals surface area contributed by atoms with Gasteiger partial charge in [-0.05, 0) is 61.9 Å². The van der Waals surface area contributed by atoms with Gasteiger partial charge in [-0.2, -0.15) is 0 Å². The molecule has 20 heavy (non-hydrogen) atoms. The van der Waals surface area contributed by atoms with Crippen LogP contribution in [0, 0.1) is 5.41 Å². The topological polar surface area (TPSA) is 33.3 Å². The fourth-order valence-corrected chi connectivity index (χ4v) is 3.96. The third kappa shape index (κ3) is 2.84. The molecule has 0 aromatic heterocycles. The standard InChI is InChI=1S/C17H26N2O/c1-20-15-6-4-14(5-7-15)13-19-16-3-2-8-17(16)9-11-18-12-10-17/h4-7,16,18-19H,2-3,8-13H2,1H3/t16-/m0/s1. The second-order valence-electron chi connectivity index (χ2n) is 6.29. The number of ether oxygens (including phenoxy) is 1. The Labute approximate surface area is 122 Å². The van der Waals surface area contributed by atoms with E-state index < -0.39 is 0 Å². The summed E-state index contributed by atoms with van der Waals surface area (Å²) in [6, 6.07) is 9.12. The fraction of sp³-hybridized carbons (Fsp3) is 0.647. The van der Waals surface area contributed by atoms with Crippen LogP contribution in [-0.2, 0) is 6.54 Å². The molecule has 1 heterocycles. The number of hydrogen-bond acceptors (Lipinski definition) is 3. The molecule has 1 spiro atoms. The number of piperidine rings is 1. The summed E-state index contributed by atoms with van der Waals surface area (Å²) in [5.41, 5.74) is 1.92. The van der Waals surface area contributed by atoms with Crippen molar-refractivity contribution < 1.29 is 4.74 Å². The van der Waals surface area contributed by atoms with E-state index in [0.29, 0.717) is 11.5 Å². The predicted octanol–water partition coefficient (Wildman–Crippen LogP) is 2.71. The number of rotatable bonds is 4. The van der Waals surface area contributed by atoms with Gasteiger partial charge in [0.2, 0.25) is 0 Å². The van der Waals surface area contributed by atoms with Crippen LogP contribution in [0.25, 0.3) is 0 Å². The summed E-state index contributed by atoms with van der Waals surface area (Å²) in [6.45, 7) is 3.37. The highest BCUT2D eigenvalue weighted by Gasteiger charge is 2.42. The highest BCUT2D eigenvalue weighted by molar-refractivity contribution is 5.27. The van der Waals surface area contributed by atoms with E-state index in [1.54, 1.807) is 7.11 Å². The minimum Gasteiger partial charge on any atom is -0.497 e. The van der Waals surface area contributed by atoms with Gasteiger partial charge in [0.25, 0.3) is 0 Å². The molecule has 1 aliphatic carbocycles. The second-order valence-corrected chi connectivity index (χ2v) is 6.29. The fourth-order valence-electron chi connectivity index (χ4n) is 3.96. The smallest absolute Gasteiger partial charge is 0.118 e. The van der Waals surface area contributed by atoms with E-state index in [2.05, 4.69) is 22.8 Å². The van der Waals surface area contributed by atoms with Crippen molar-refractivity contribution in [3.05, 3.63) is 29.8 Å². The van der Waals surface area contributed by atoms with Gasteiger partial charge in [-0.3, -0.25) is 0 Å².